The summed E-state index contributed by atoms with van der Waals surface area (Å²) in [6.45, 7) is -0.500. The van der Waals surface area contributed by atoms with E-state index in [1.165, 1.54) is 24.3 Å². The van der Waals surface area contributed by atoms with Crippen LogP contribution in [0.5, 0.6) is 0 Å². The Hall–Kier alpha value is -3.86. The highest BCUT2D eigenvalue weighted by Gasteiger charge is 2.12. The lowest BCUT2D eigenvalue weighted by Crippen LogP contribution is -2.01. The Bertz CT molecular complexity index is 1050. The number of carbonyl (C=O) groups is 4. The van der Waals surface area contributed by atoms with Gasteiger partial charge in [-0.3, -0.25) is 18.7 Å². The van der Waals surface area contributed by atoms with Gasteiger partial charge in [-0.05, 0) is 36.4 Å². The summed E-state index contributed by atoms with van der Waals surface area (Å²) in [6, 6.07) is 8.95. The minimum Gasteiger partial charge on any atom is -0.483 e. The van der Waals surface area contributed by atoms with Crippen LogP contribution in [0.2, 0.25) is 0 Å². The Morgan fingerprint density at radius 2 is 0.906 bits per heavy atom. The van der Waals surface area contributed by atoms with Gasteiger partial charge in [-0.2, -0.15) is 16.8 Å². The summed E-state index contributed by atoms with van der Waals surface area (Å²) >= 11 is 0. The highest BCUT2D eigenvalue weighted by molar-refractivity contribution is 7.86. The van der Waals surface area contributed by atoms with Crippen LogP contribution in [-0.2, 0) is 29.8 Å². The Morgan fingerprint density at radius 1 is 0.656 bits per heavy atom. The summed E-state index contributed by atoms with van der Waals surface area (Å²) in [5.41, 5.74) is -0.370. The maximum absolute atomic E-state index is 10.6. The van der Waals surface area contributed by atoms with Gasteiger partial charge < -0.3 is 20.4 Å². The first kappa shape index (κ1) is 30.3. The van der Waals surface area contributed by atoms with E-state index in [9.17, 15) is 26.4 Å². The average Bonchev–Trinajstić information content (AvgIpc) is 2.68. The number of hydrogen-bond acceptors (Lipinski definition) is 8. The van der Waals surface area contributed by atoms with Crippen LogP contribution in [0.25, 0.3) is 0 Å². The molecule has 0 aliphatic rings. The Labute approximate surface area is 180 Å². The summed E-state index contributed by atoms with van der Waals surface area (Å²) in [7, 11) is -8.64. The van der Waals surface area contributed by atoms with Gasteiger partial charge in [0.1, 0.15) is 0 Å². The number of hydrogen-bond donors (Lipinski definition) is 6. The fourth-order valence-corrected chi connectivity index (χ4v) is 2.63. The Kier molecular flexibility index (Phi) is 13.5. The molecule has 14 nitrogen and oxygen atoms in total. The zero-order valence-corrected chi connectivity index (χ0v) is 17.2. The highest BCUT2D eigenvalue weighted by atomic mass is 32.2. The summed E-state index contributed by atoms with van der Waals surface area (Å²) in [5.74, 6) is -2.49. The summed E-state index contributed by atoms with van der Waals surface area (Å²) in [6.07, 6.45) is 0. The number of aromatic carboxylic acids is 2. The third-order valence-corrected chi connectivity index (χ3v) is 4.46. The van der Waals surface area contributed by atoms with Crippen molar-refractivity contribution < 1.29 is 65.5 Å². The summed E-state index contributed by atoms with van der Waals surface area (Å²) < 4.78 is 59.4. The fraction of sp³-hybridized carbons (Fsp3) is 0. The van der Waals surface area contributed by atoms with Crippen molar-refractivity contribution in [3.63, 3.8) is 0 Å². The zero-order chi connectivity index (χ0) is 25.5. The van der Waals surface area contributed by atoms with E-state index in [-0.39, 0.29) is 24.1 Å². The van der Waals surface area contributed by atoms with E-state index >= 15 is 0 Å². The lowest BCUT2D eigenvalue weighted by Gasteiger charge is -1.97. The first-order valence-corrected chi connectivity index (χ1v) is 10.3. The minimum absolute atomic E-state index is 0.185. The molecule has 2 aromatic carbocycles. The van der Waals surface area contributed by atoms with E-state index in [4.69, 9.17) is 39.1 Å². The molecule has 32 heavy (non-hydrogen) atoms. The van der Waals surface area contributed by atoms with E-state index in [1.54, 1.807) is 0 Å². The van der Waals surface area contributed by atoms with Crippen molar-refractivity contribution in [3.8, 4) is 0 Å². The molecule has 0 heterocycles. The molecule has 0 aliphatic heterocycles. The molecule has 16 heteroatoms. The van der Waals surface area contributed by atoms with Crippen molar-refractivity contribution in [1.82, 2.24) is 0 Å². The monoisotopic (exact) mass is 496 g/mol. The number of benzene rings is 2. The van der Waals surface area contributed by atoms with Gasteiger partial charge in [-0.1, -0.05) is 12.1 Å². The second-order valence-electron chi connectivity index (χ2n) is 4.83. The largest absolute Gasteiger partial charge is 0.483 e. The number of rotatable bonds is 4. The molecule has 0 fully saturated rings. The molecule has 0 aliphatic carbocycles. The van der Waals surface area contributed by atoms with Crippen LogP contribution >= 0.6 is 0 Å². The van der Waals surface area contributed by atoms with Gasteiger partial charge in [0.05, 0.1) is 20.9 Å². The first-order chi connectivity index (χ1) is 14.6. The second kappa shape index (κ2) is 14.2. The lowest BCUT2D eigenvalue weighted by molar-refractivity contribution is -0.123. The van der Waals surface area contributed by atoms with Crippen molar-refractivity contribution in [2.75, 3.05) is 0 Å². The predicted molar refractivity (Wildman–Crippen MR) is 104 cm³/mol. The van der Waals surface area contributed by atoms with Crippen LogP contribution < -0.4 is 0 Å². The topological polar surface area (TPSA) is 258 Å². The second-order valence-corrected chi connectivity index (χ2v) is 7.67. The SMILES string of the molecule is O=C(O)c1cccc(S(=O)(=O)O)c1.O=C(O)c1cccc(S(=O)(=O)O)c1.O=CO.O=CO. The maximum Gasteiger partial charge on any atom is 0.335 e. The number of carboxylic acids is 2. The van der Waals surface area contributed by atoms with Crippen LogP contribution in [0.15, 0.2) is 58.3 Å². The van der Waals surface area contributed by atoms with Gasteiger partial charge in [0, 0.05) is 0 Å². The lowest BCUT2D eigenvalue weighted by atomic mass is 10.2. The normalized spacial score (nSPS) is 9.81. The van der Waals surface area contributed by atoms with Gasteiger partial charge >= 0.3 is 11.9 Å². The molecule has 0 atom stereocenters. The van der Waals surface area contributed by atoms with Gasteiger partial charge in [0.15, 0.2) is 0 Å². The Morgan fingerprint density at radius 3 is 1.09 bits per heavy atom. The van der Waals surface area contributed by atoms with E-state index in [2.05, 4.69) is 0 Å². The molecular weight excluding hydrogens is 480 g/mol. The van der Waals surface area contributed by atoms with Crippen molar-refractivity contribution in [2.24, 2.45) is 0 Å². The zero-order valence-electron chi connectivity index (χ0n) is 15.5. The molecule has 0 saturated carbocycles. The molecule has 0 bridgehead atoms. The summed E-state index contributed by atoms with van der Waals surface area (Å²) in [5, 5.41) is 30.8. The molecule has 0 radical (unpaired) electrons. The quantitative estimate of drug-likeness (QED) is 0.251. The van der Waals surface area contributed by atoms with Crippen molar-refractivity contribution in [1.29, 1.82) is 0 Å². The molecule has 176 valence electrons. The molecule has 0 aromatic heterocycles. The van der Waals surface area contributed by atoms with Crippen molar-refractivity contribution >= 4 is 45.1 Å². The average molecular weight is 496 g/mol. The van der Waals surface area contributed by atoms with Gasteiger partial charge in [0.2, 0.25) is 0 Å². The third kappa shape index (κ3) is 12.6. The van der Waals surface area contributed by atoms with E-state index < -0.39 is 42.0 Å². The Balaban J connectivity index is 0. The van der Waals surface area contributed by atoms with E-state index in [0.29, 0.717) is 0 Å². The smallest absolute Gasteiger partial charge is 0.335 e. The fourth-order valence-electron chi connectivity index (χ4n) is 1.58. The molecule has 0 saturated heterocycles. The van der Waals surface area contributed by atoms with Crippen LogP contribution in [0, 0.1) is 0 Å². The third-order valence-electron chi connectivity index (χ3n) is 2.76. The summed E-state index contributed by atoms with van der Waals surface area (Å²) in [4.78, 5) is 36.7. The molecule has 0 spiro atoms. The molecular formula is C16H16O14S2. The predicted octanol–water partition coefficient (Wildman–Crippen LogP) is 0.665. The van der Waals surface area contributed by atoms with Crippen LogP contribution in [0.3, 0.4) is 0 Å². The molecule has 0 amide bonds. The van der Waals surface area contributed by atoms with Crippen LogP contribution in [-0.4, -0.2) is 71.3 Å². The molecule has 2 rings (SSSR count). The number of carboxylic acid groups (broad SMARTS) is 4. The van der Waals surface area contributed by atoms with Crippen LogP contribution in [0.1, 0.15) is 20.7 Å². The molecule has 6 N–H and O–H groups in total. The van der Waals surface area contributed by atoms with Crippen molar-refractivity contribution in [2.45, 2.75) is 9.79 Å². The van der Waals surface area contributed by atoms with Gasteiger partial charge in [-0.15, -0.1) is 0 Å². The maximum atomic E-state index is 10.6. The standard InChI is InChI=1S/2C7H6O5S.2CH2O2/c2*8-7(9)5-2-1-3-6(4-5)13(10,11)12;2*2-1-3/h2*1-4H,(H,8,9)(H,10,11,12);2*1H,(H,2,3). The highest BCUT2D eigenvalue weighted by Crippen LogP contribution is 2.11. The van der Waals surface area contributed by atoms with Crippen molar-refractivity contribution in [3.05, 3.63) is 59.7 Å². The molecule has 0 unspecified atom stereocenters. The minimum atomic E-state index is -4.32. The van der Waals surface area contributed by atoms with E-state index in [1.807, 2.05) is 0 Å². The van der Waals surface area contributed by atoms with E-state index in [0.717, 1.165) is 24.3 Å². The van der Waals surface area contributed by atoms with Crippen LogP contribution in [0.4, 0.5) is 0 Å². The van der Waals surface area contributed by atoms with Gasteiger partial charge in [-0.25, -0.2) is 9.59 Å². The first-order valence-electron chi connectivity index (χ1n) is 7.43. The molecule has 2 aromatic rings. The van der Waals surface area contributed by atoms with Gasteiger partial charge in [0.25, 0.3) is 33.2 Å².